The van der Waals surface area contributed by atoms with Crippen molar-refractivity contribution in [2.75, 3.05) is 57.4 Å². The number of morpholine rings is 1. The molecule has 2 aliphatic heterocycles. The Bertz CT molecular complexity index is 759. The first kappa shape index (κ1) is 20.0. The van der Waals surface area contributed by atoms with Gasteiger partial charge in [0.2, 0.25) is 10.0 Å². The molecule has 2 heterocycles. The van der Waals surface area contributed by atoms with Crippen LogP contribution in [0.25, 0.3) is 0 Å². The summed E-state index contributed by atoms with van der Waals surface area (Å²) < 4.78 is 32.9. The number of nitrogens with one attached hydrogen (secondary N) is 1. The lowest BCUT2D eigenvalue weighted by Crippen LogP contribution is -2.38. The number of rotatable bonds is 8. The summed E-state index contributed by atoms with van der Waals surface area (Å²) in [7, 11) is -3.78. The molecule has 1 aromatic carbocycles. The molecule has 0 amide bonds. The van der Waals surface area contributed by atoms with Crippen molar-refractivity contribution >= 4 is 21.4 Å². The second kappa shape index (κ2) is 8.96. The van der Waals surface area contributed by atoms with Gasteiger partial charge in [-0.25, -0.2) is 13.1 Å². The quantitative estimate of drug-likeness (QED) is 0.398. The largest absolute Gasteiger partial charge is 0.379 e. The van der Waals surface area contributed by atoms with Crippen LogP contribution in [0.1, 0.15) is 19.3 Å². The SMILES string of the molecule is O=[N+]([O-])c1cc(S(=O)(=O)NCCCN2CCOCC2)ccc1N1CCCC1. The third-order valence-corrected chi connectivity index (χ3v) is 6.41. The Hall–Kier alpha value is -1.75. The van der Waals surface area contributed by atoms with Gasteiger partial charge < -0.3 is 9.64 Å². The molecule has 0 aliphatic carbocycles. The number of nitro groups is 1. The molecule has 9 nitrogen and oxygen atoms in total. The molecule has 27 heavy (non-hydrogen) atoms. The van der Waals surface area contributed by atoms with Gasteiger partial charge in [0.05, 0.1) is 23.0 Å². The average Bonchev–Trinajstić information content (AvgIpc) is 3.20. The van der Waals surface area contributed by atoms with Crippen molar-refractivity contribution in [3.05, 3.63) is 28.3 Å². The number of nitrogens with zero attached hydrogens (tertiary/aromatic N) is 3. The summed E-state index contributed by atoms with van der Waals surface area (Å²) in [6.45, 7) is 5.73. The van der Waals surface area contributed by atoms with Crippen LogP contribution in [0.3, 0.4) is 0 Å². The van der Waals surface area contributed by atoms with Crippen molar-refractivity contribution in [1.29, 1.82) is 0 Å². The van der Waals surface area contributed by atoms with E-state index in [1.807, 2.05) is 4.90 Å². The van der Waals surface area contributed by atoms with Gasteiger partial charge in [-0.3, -0.25) is 15.0 Å². The average molecular weight is 398 g/mol. The number of hydrogen-bond acceptors (Lipinski definition) is 7. The summed E-state index contributed by atoms with van der Waals surface area (Å²) in [4.78, 5) is 15.0. The van der Waals surface area contributed by atoms with Crippen LogP contribution in [0.5, 0.6) is 0 Å². The molecule has 1 N–H and O–H groups in total. The summed E-state index contributed by atoms with van der Waals surface area (Å²) in [6.07, 6.45) is 2.65. The van der Waals surface area contributed by atoms with Gasteiger partial charge in [0.15, 0.2) is 0 Å². The first-order chi connectivity index (χ1) is 13.0. The molecule has 0 unspecified atom stereocenters. The molecule has 0 radical (unpaired) electrons. The summed E-state index contributed by atoms with van der Waals surface area (Å²) in [5.41, 5.74) is 0.330. The van der Waals surface area contributed by atoms with E-state index in [2.05, 4.69) is 9.62 Å². The van der Waals surface area contributed by atoms with Crippen molar-refractivity contribution in [3.63, 3.8) is 0 Å². The maximum Gasteiger partial charge on any atom is 0.293 e. The number of hydrogen-bond donors (Lipinski definition) is 1. The Labute approximate surface area is 159 Å². The molecular weight excluding hydrogens is 372 g/mol. The predicted molar refractivity (Wildman–Crippen MR) is 102 cm³/mol. The fraction of sp³-hybridized carbons (Fsp3) is 0.647. The molecule has 0 saturated carbocycles. The van der Waals surface area contributed by atoms with E-state index in [-0.39, 0.29) is 10.6 Å². The van der Waals surface area contributed by atoms with Gasteiger partial charge in [0.25, 0.3) is 5.69 Å². The third kappa shape index (κ3) is 5.16. The number of nitro benzene ring substituents is 1. The van der Waals surface area contributed by atoms with Crippen LogP contribution >= 0.6 is 0 Å². The minimum Gasteiger partial charge on any atom is -0.379 e. The van der Waals surface area contributed by atoms with Crippen LogP contribution < -0.4 is 9.62 Å². The molecule has 2 saturated heterocycles. The van der Waals surface area contributed by atoms with Gasteiger partial charge in [-0.05, 0) is 37.9 Å². The Morgan fingerprint density at radius 3 is 2.52 bits per heavy atom. The fourth-order valence-corrected chi connectivity index (χ4v) is 4.55. The second-order valence-electron chi connectivity index (χ2n) is 6.81. The second-order valence-corrected chi connectivity index (χ2v) is 8.57. The number of benzene rings is 1. The highest BCUT2D eigenvalue weighted by molar-refractivity contribution is 7.89. The molecule has 2 aliphatic rings. The Kier molecular flexibility index (Phi) is 6.64. The fourth-order valence-electron chi connectivity index (χ4n) is 3.46. The van der Waals surface area contributed by atoms with Crippen LogP contribution in [-0.2, 0) is 14.8 Å². The van der Waals surface area contributed by atoms with Crippen LogP contribution in [0.4, 0.5) is 11.4 Å². The predicted octanol–water partition coefficient (Wildman–Crippen LogP) is 1.20. The zero-order valence-corrected chi connectivity index (χ0v) is 16.1. The molecule has 10 heteroatoms. The van der Waals surface area contributed by atoms with Crippen molar-refractivity contribution in [3.8, 4) is 0 Å². The molecule has 0 aromatic heterocycles. The van der Waals surface area contributed by atoms with Crippen LogP contribution in [0.2, 0.25) is 0 Å². The van der Waals surface area contributed by atoms with E-state index in [0.29, 0.717) is 31.9 Å². The molecule has 150 valence electrons. The van der Waals surface area contributed by atoms with Crippen LogP contribution in [-0.4, -0.2) is 70.7 Å². The maximum absolute atomic E-state index is 12.5. The standard InChI is InChI=1S/C17H26N4O5S/c22-21(23)17-14-15(4-5-16(17)20-8-1-2-9-20)27(24,25)18-6-3-7-19-10-12-26-13-11-19/h4-5,14,18H,1-3,6-13H2. The number of anilines is 1. The van der Waals surface area contributed by atoms with Crippen molar-refractivity contribution in [2.24, 2.45) is 0 Å². The van der Waals surface area contributed by atoms with E-state index < -0.39 is 14.9 Å². The minimum absolute atomic E-state index is 0.0662. The van der Waals surface area contributed by atoms with E-state index in [9.17, 15) is 18.5 Å². The van der Waals surface area contributed by atoms with Gasteiger partial charge in [-0.15, -0.1) is 0 Å². The van der Waals surface area contributed by atoms with Gasteiger partial charge in [0, 0.05) is 38.8 Å². The lowest BCUT2D eigenvalue weighted by atomic mass is 10.2. The lowest BCUT2D eigenvalue weighted by Gasteiger charge is -2.26. The smallest absolute Gasteiger partial charge is 0.293 e. The summed E-state index contributed by atoms with van der Waals surface area (Å²) in [5, 5.41) is 11.4. The third-order valence-electron chi connectivity index (χ3n) is 4.95. The Balaban J connectivity index is 1.62. The summed E-state index contributed by atoms with van der Waals surface area (Å²) >= 11 is 0. The first-order valence-electron chi connectivity index (χ1n) is 9.30. The van der Waals surface area contributed by atoms with E-state index in [1.54, 1.807) is 6.07 Å². The molecule has 2 fully saturated rings. The van der Waals surface area contributed by atoms with Gasteiger partial charge in [0.1, 0.15) is 5.69 Å². The monoisotopic (exact) mass is 398 g/mol. The highest BCUT2D eigenvalue weighted by Crippen LogP contribution is 2.32. The molecule has 0 spiro atoms. The maximum atomic E-state index is 12.5. The van der Waals surface area contributed by atoms with Crippen molar-refractivity contribution in [1.82, 2.24) is 9.62 Å². The zero-order valence-electron chi connectivity index (χ0n) is 15.3. The van der Waals surface area contributed by atoms with E-state index >= 15 is 0 Å². The van der Waals surface area contributed by atoms with Gasteiger partial charge >= 0.3 is 0 Å². The highest BCUT2D eigenvalue weighted by Gasteiger charge is 2.25. The van der Waals surface area contributed by atoms with E-state index in [0.717, 1.165) is 51.6 Å². The molecular formula is C17H26N4O5S. The molecule has 0 bridgehead atoms. The lowest BCUT2D eigenvalue weighted by molar-refractivity contribution is -0.384. The summed E-state index contributed by atoms with van der Waals surface area (Å²) in [5.74, 6) is 0. The van der Waals surface area contributed by atoms with Crippen molar-refractivity contribution in [2.45, 2.75) is 24.2 Å². The Morgan fingerprint density at radius 2 is 1.85 bits per heavy atom. The molecule has 3 rings (SSSR count). The number of sulfonamides is 1. The molecule has 0 atom stereocenters. The number of ether oxygens (including phenoxy) is 1. The first-order valence-corrected chi connectivity index (χ1v) is 10.8. The van der Waals surface area contributed by atoms with E-state index in [4.69, 9.17) is 4.74 Å². The van der Waals surface area contributed by atoms with Crippen molar-refractivity contribution < 1.29 is 18.1 Å². The van der Waals surface area contributed by atoms with Gasteiger partial charge in [-0.2, -0.15) is 0 Å². The Morgan fingerprint density at radius 1 is 1.15 bits per heavy atom. The zero-order chi connectivity index (χ0) is 19.3. The minimum atomic E-state index is -3.78. The highest BCUT2D eigenvalue weighted by atomic mass is 32.2. The van der Waals surface area contributed by atoms with E-state index in [1.165, 1.54) is 6.07 Å². The van der Waals surface area contributed by atoms with Gasteiger partial charge in [-0.1, -0.05) is 0 Å². The van der Waals surface area contributed by atoms with Crippen LogP contribution in [0.15, 0.2) is 23.1 Å². The summed E-state index contributed by atoms with van der Waals surface area (Å²) in [6, 6.07) is 4.16. The normalized spacial score (nSPS) is 18.7. The van der Waals surface area contributed by atoms with Crippen LogP contribution in [0, 0.1) is 10.1 Å². The molecule has 1 aromatic rings. The topological polar surface area (TPSA) is 105 Å².